The standard InChI is InChI=1S/C15H16N2OS.ClH/c18-15(13-8-16-9-13)17(10-12-6-7-19-11-12)14-4-2-1-3-5-14;/h1-7,11,13,16H,8-10H2;1H. The quantitative estimate of drug-likeness (QED) is 0.942. The highest BCUT2D eigenvalue weighted by Crippen LogP contribution is 2.21. The highest BCUT2D eigenvalue weighted by Gasteiger charge is 2.30. The molecule has 2 heterocycles. The first-order chi connectivity index (χ1) is 9.34. The van der Waals surface area contributed by atoms with Crippen molar-refractivity contribution in [2.75, 3.05) is 18.0 Å². The van der Waals surface area contributed by atoms with Crippen LogP contribution in [-0.4, -0.2) is 19.0 Å². The number of nitrogens with one attached hydrogen (secondary N) is 1. The van der Waals surface area contributed by atoms with Gasteiger partial charge < -0.3 is 10.2 Å². The van der Waals surface area contributed by atoms with Crippen molar-refractivity contribution in [3.63, 3.8) is 0 Å². The largest absolute Gasteiger partial charge is 0.315 e. The van der Waals surface area contributed by atoms with Crippen molar-refractivity contribution in [2.24, 2.45) is 5.92 Å². The van der Waals surface area contributed by atoms with Crippen LogP contribution < -0.4 is 10.2 Å². The van der Waals surface area contributed by atoms with E-state index in [2.05, 4.69) is 16.8 Å². The molecule has 20 heavy (non-hydrogen) atoms. The number of anilines is 1. The zero-order valence-corrected chi connectivity index (χ0v) is 12.6. The summed E-state index contributed by atoms with van der Waals surface area (Å²) in [5.74, 6) is 0.343. The topological polar surface area (TPSA) is 32.3 Å². The van der Waals surface area contributed by atoms with E-state index in [9.17, 15) is 4.79 Å². The van der Waals surface area contributed by atoms with Crippen molar-refractivity contribution in [2.45, 2.75) is 6.54 Å². The molecule has 1 fully saturated rings. The highest BCUT2D eigenvalue weighted by atomic mass is 35.5. The Bertz CT molecular complexity index is 540. The average Bonchev–Trinajstić information content (AvgIpc) is 2.87. The van der Waals surface area contributed by atoms with Gasteiger partial charge in [0.25, 0.3) is 0 Å². The Morgan fingerprint density at radius 2 is 2.00 bits per heavy atom. The molecule has 1 saturated heterocycles. The average molecular weight is 309 g/mol. The third-order valence-corrected chi connectivity index (χ3v) is 4.12. The first kappa shape index (κ1) is 15.0. The van der Waals surface area contributed by atoms with Gasteiger partial charge in [0.15, 0.2) is 0 Å². The van der Waals surface area contributed by atoms with Crippen LogP contribution >= 0.6 is 23.7 Å². The summed E-state index contributed by atoms with van der Waals surface area (Å²) in [6.07, 6.45) is 0. The maximum absolute atomic E-state index is 12.5. The van der Waals surface area contributed by atoms with Crippen molar-refractivity contribution in [3.8, 4) is 0 Å². The second-order valence-corrected chi connectivity index (χ2v) is 5.53. The maximum atomic E-state index is 12.5. The summed E-state index contributed by atoms with van der Waals surface area (Å²) in [6, 6.07) is 12.0. The fourth-order valence-corrected chi connectivity index (χ4v) is 2.81. The van der Waals surface area contributed by atoms with Crippen molar-refractivity contribution in [3.05, 3.63) is 52.7 Å². The number of amides is 1. The van der Waals surface area contributed by atoms with Crippen LogP contribution in [0.5, 0.6) is 0 Å². The van der Waals surface area contributed by atoms with Gasteiger partial charge in [0.05, 0.1) is 12.5 Å². The van der Waals surface area contributed by atoms with Crippen molar-refractivity contribution >= 4 is 35.3 Å². The van der Waals surface area contributed by atoms with Gasteiger partial charge in [-0.15, -0.1) is 12.4 Å². The molecule has 0 spiro atoms. The molecule has 1 aliphatic rings. The van der Waals surface area contributed by atoms with Gasteiger partial charge in [-0.1, -0.05) is 18.2 Å². The zero-order valence-electron chi connectivity index (χ0n) is 11.0. The molecule has 5 heteroatoms. The maximum Gasteiger partial charge on any atom is 0.232 e. The summed E-state index contributed by atoms with van der Waals surface area (Å²) in [4.78, 5) is 14.4. The van der Waals surface area contributed by atoms with Crippen LogP contribution in [0.3, 0.4) is 0 Å². The van der Waals surface area contributed by atoms with Gasteiger partial charge in [-0.3, -0.25) is 4.79 Å². The van der Waals surface area contributed by atoms with E-state index in [0.717, 1.165) is 18.8 Å². The SMILES string of the molecule is Cl.O=C(C1CNC1)N(Cc1ccsc1)c1ccccc1. The van der Waals surface area contributed by atoms with Crippen LogP contribution in [0.1, 0.15) is 5.56 Å². The molecular formula is C15H17ClN2OS. The number of benzene rings is 1. The summed E-state index contributed by atoms with van der Waals surface area (Å²) in [6.45, 7) is 2.25. The number of carbonyl (C=O) groups is 1. The Morgan fingerprint density at radius 3 is 2.55 bits per heavy atom. The minimum atomic E-state index is 0. The van der Waals surface area contributed by atoms with E-state index in [1.54, 1.807) is 11.3 Å². The minimum absolute atomic E-state index is 0. The second kappa shape index (κ2) is 6.88. The first-order valence-electron chi connectivity index (χ1n) is 6.43. The lowest BCUT2D eigenvalue weighted by Gasteiger charge is -2.32. The molecule has 0 radical (unpaired) electrons. The van der Waals surface area contributed by atoms with Gasteiger partial charge in [0.2, 0.25) is 5.91 Å². The van der Waals surface area contributed by atoms with Crippen LogP contribution in [-0.2, 0) is 11.3 Å². The van der Waals surface area contributed by atoms with Crippen molar-refractivity contribution in [1.29, 1.82) is 0 Å². The lowest BCUT2D eigenvalue weighted by Crippen LogP contribution is -2.52. The van der Waals surface area contributed by atoms with Gasteiger partial charge in [-0.25, -0.2) is 0 Å². The normalized spacial score (nSPS) is 14.2. The highest BCUT2D eigenvalue weighted by molar-refractivity contribution is 7.07. The number of halogens is 1. The molecule has 1 aromatic heterocycles. The minimum Gasteiger partial charge on any atom is -0.315 e. The van der Waals surface area contributed by atoms with Crippen LogP contribution in [0, 0.1) is 5.92 Å². The molecular weight excluding hydrogens is 292 g/mol. The predicted octanol–water partition coefficient (Wildman–Crippen LogP) is 2.92. The summed E-state index contributed by atoms with van der Waals surface area (Å²) in [5.41, 5.74) is 2.17. The molecule has 1 aromatic carbocycles. The van der Waals surface area contributed by atoms with E-state index in [4.69, 9.17) is 0 Å². The Labute approximate surface area is 129 Å². The summed E-state index contributed by atoms with van der Waals surface area (Å²) in [5, 5.41) is 7.31. The number of carbonyl (C=O) groups excluding carboxylic acids is 1. The van der Waals surface area contributed by atoms with Crippen molar-refractivity contribution < 1.29 is 4.79 Å². The molecule has 1 aliphatic heterocycles. The Morgan fingerprint density at radius 1 is 1.25 bits per heavy atom. The molecule has 0 bridgehead atoms. The lowest BCUT2D eigenvalue weighted by atomic mass is 10.0. The summed E-state index contributed by atoms with van der Waals surface area (Å²) < 4.78 is 0. The van der Waals surface area contributed by atoms with Gasteiger partial charge in [-0.2, -0.15) is 11.3 Å². The van der Waals surface area contributed by atoms with E-state index in [1.807, 2.05) is 40.6 Å². The van der Waals surface area contributed by atoms with Gasteiger partial charge in [0.1, 0.15) is 0 Å². The van der Waals surface area contributed by atoms with Crippen LogP contribution in [0.25, 0.3) is 0 Å². The number of rotatable bonds is 4. The molecule has 0 aliphatic carbocycles. The molecule has 0 atom stereocenters. The summed E-state index contributed by atoms with van der Waals surface area (Å²) in [7, 11) is 0. The van der Waals surface area contributed by atoms with Crippen LogP contribution in [0.2, 0.25) is 0 Å². The number of para-hydroxylation sites is 1. The molecule has 1 N–H and O–H groups in total. The van der Waals surface area contributed by atoms with E-state index >= 15 is 0 Å². The van der Waals surface area contributed by atoms with Crippen LogP contribution in [0.4, 0.5) is 5.69 Å². The van der Waals surface area contributed by atoms with Gasteiger partial charge in [-0.05, 0) is 34.5 Å². The molecule has 1 amide bonds. The second-order valence-electron chi connectivity index (χ2n) is 4.75. The third-order valence-electron chi connectivity index (χ3n) is 3.39. The van der Waals surface area contributed by atoms with E-state index < -0.39 is 0 Å². The third kappa shape index (κ3) is 3.20. The Kier molecular flexibility index (Phi) is 5.17. The molecule has 3 rings (SSSR count). The van der Waals surface area contributed by atoms with Gasteiger partial charge >= 0.3 is 0 Å². The Hall–Kier alpha value is -1.36. The number of nitrogens with zero attached hydrogens (tertiary/aromatic N) is 1. The molecule has 2 aromatic rings. The molecule has 0 unspecified atom stereocenters. The summed E-state index contributed by atoms with van der Waals surface area (Å²) >= 11 is 1.67. The zero-order chi connectivity index (χ0) is 13.1. The number of hydrogen-bond donors (Lipinski definition) is 1. The number of hydrogen-bond acceptors (Lipinski definition) is 3. The first-order valence-corrected chi connectivity index (χ1v) is 7.37. The fourth-order valence-electron chi connectivity index (χ4n) is 2.15. The fraction of sp³-hybridized carbons (Fsp3) is 0.267. The van der Waals surface area contributed by atoms with Crippen LogP contribution in [0.15, 0.2) is 47.2 Å². The molecule has 3 nitrogen and oxygen atoms in total. The number of thiophene rings is 1. The monoisotopic (exact) mass is 308 g/mol. The van der Waals surface area contributed by atoms with E-state index in [0.29, 0.717) is 6.54 Å². The van der Waals surface area contributed by atoms with Crippen molar-refractivity contribution in [1.82, 2.24) is 5.32 Å². The smallest absolute Gasteiger partial charge is 0.232 e. The van der Waals surface area contributed by atoms with E-state index in [-0.39, 0.29) is 24.2 Å². The predicted molar refractivity (Wildman–Crippen MR) is 85.6 cm³/mol. The van der Waals surface area contributed by atoms with E-state index in [1.165, 1.54) is 5.56 Å². The lowest BCUT2D eigenvalue weighted by molar-refractivity contribution is -0.123. The molecule has 106 valence electrons. The molecule has 0 saturated carbocycles. The Balaban J connectivity index is 0.00000147. The van der Waals surface area contributed by atoms with Gasteiger partial charge in [0, 0.05) is 18.8 Å².